The largest absolute Gasteiger partial charge is 0.479 e. The molecule has 0 aliphatic rings. The second-order valence-corrected chi connectivity index (χ2v) is 4.60. The van der Waals surface area contributed by atoms with Gasteiger partial charge in [-0.25, -0.2) is 9.97 Å². The van der Waals surface area contributed by atoms with Crippen molar-refractivity contribution in [2.75, 3.05) is 20.3 Å². The summed E-state index contributed by atoms with van der Waals surface area (Å²) >= 11 is 5.96. The fourth-order valence-corrected chi connectivity index (χ4v) is 2.22. The van der Waals surface area contributed by atoms with E-state index in [2.05, 4.69) is 21.9 Å². The zero-order valence-electron chi connectivity index (χ0n) is 11.8. The number of alkyl halides is 1. The van der Waals surface area contributed by atoms with E-state index in [-0.39, 0.29) is 0 Å². The Balaban J connectivity index is 2.18. The van der Waals surface area contributed by atoms with Crippen LogP contribution in [0.15, 0.2) is 6.33 Å². The van der Waals surface area contributed by atoms with Crippen LogP contribution in [0.1, 0.15) is 25.6 Å². The molecule has 0 fully saturated rings. The Hall–Kier alpha value is -1.40. The summed E-state index contributed by atoms with van der Waals surface area (Å²) in [5.74, 6) is 1.58. The van der Waals surface area contributed by atoms with Crippen molar-refractivity contribution < 1.29 is 9.47 Å². The average Bonchev–Trinajstić information content (AvgIpc) is 2.85. The van der Waals surface area contributed by atoms with Crippen molar-refractivity contribution in [3.8, 4) is 5.88 Å². The summed E-state index contributed by atoms with van der Waals surface area (Å²) in [6, 6.07) is 0. The lowest BCUT2D eigenvalue weighted by Gasteiger charge is -2.07. The van der Waals surface area contributed by atoms with Gasteiger partial charge in [0.25, 0.3) is 0 Å². The lowest BCUT2D eigenvalue weighted by atomic mass is 10.4. The predicted molar refractivity (Wildman–Crippen MR) is 77.2 cm³/mol. The maximum Gasteiger partial charge on any atom is 0.245 e. The van der Waals surface area contributed by atoms with Crippen LogP contribution >= 0.6 is 11.6 Å². The first-order valence-electron chi connectivity index (χ1n) is 6.69. The SMILES string of the molecule is CCCOCCCn1c(CCl)nc2c(OC)ncnc21. The van der Waals surface area contributed by atoms with Crippen LogP contribution < -0.4 is 4.74 Å². The number of rotatable bonds is 8. The number of aromatic nitrogens is 4. The molecule has 0 unspecified atom stereocenters. The summed E-state index contributed by atoms with van der Waals surface area (Å²) in [5.41, 5.74) is 1.41. The molecule has 110 valence electrons. The van der Waals surface area contributed by atoms with Gasteiger partial charge in [-0.1, -0.05) is 6.92 Å². The van der Waals surface area contributed by atoms with Crippen molar-refractivity contribution in [1.82, 2.24) is 19.5 Å². The molecule has 2 heterocycles. The predicted octanol–water partition coefficient (Wildman–Crippen LogP) is 2.39. The molecule has 2 aromatic rings. The minimum atomic E-state index is 0.329. The van der Waals surface area contributed by atoms with Gasteiger partial charge in [0.2, 0.25) is 5.88 Å². The number of nitrogens with zero attached hydrogens (tertiary/aromatic N) is 4. The first-order valence-corrected chi connectivity index (χ1v) is 7.23. The monoisotopic (exact) mass is 298 g/mol. The van der Waals surface area contributed by atoms with Crippen molar-refractivity contribution in [3.63, 3.8) is 0 Å². The summed E-state index contributed by atoms with van der Waals surface area (Å²) in [6.07, 6.45) is 3.40. The third kappa shape index (κ3) is 3.19. The molecule has 0 saturated heterocycles. The molecule has 0 radical (unpaired) electrons. The molecule has 0 saturated carbocycles. The molecule has 0 bridgehead atoms. The van der Waals surface area contributed by atoms with E-state index in [1.54, 1.807) is 7.11 Å². The highest BCUT2D eigenvalue weighted by atomic mass is 35.5. The number of ether oxygens (including phenoxy) is 2. The number of methoxy groups -OCH3 is 1. The van der Waals surface area contributed by atoms with E-state index in [1.165, 1.54) is 6.33 Å². The van der Waals surface area contributed by atoms with Crippen LogP contribution in [0, 0.1) is 0 Å². The van der Waals surface area contributed by atoms with E-state index in [0.717, 1.165) is 44.1 Å². The molecule has 2 rings (SSSR count). The molecule has 20 heavy (non-hydrogen) atoms. The van der Waals surface area contributed by atoms with Gasteiger partial charge >= 0.3 is 0 Å². The number of halogens is 1. The van der Waals surface area contributed by atoms with Crippen LogP contribution in [0.2, 0.25) is 0 Å². The highest BCUT2D eigenvalue weighted by Crippen LogP contribution is 2.22. The maximum absolute atomic E-state index is 5.96. The number of hydrogen-bond donors (Lipinski definition) is 0. The van der Waals surface area contributed by atoms with Gasteiger partial charge in [-0.15, -0.1) is 11.6 Å². The van der Waals surface area contributed by atoms with E-state index in [9.17, 15) is 0 Å². The average molecular weight is 299 g/mol. The van der Waals surface area contributed by atoms with E-state index in [1.807, 2.05) is 4.57 Å². The zero-order valence-corrected chi connectivity index (χ0v) is 12.6. The molecule has 0 atom stereocenters. The Bertz CT molecular complexity index is 559. The van der Waals surface area contributed by atoms with Crippen molar-refractivity contribution in [2.45, 2.75) is 32.2 Å². The van der Waals surface area contributed by atoms with E-state index < -0.39 is 0 Å². The van der Waals surface area contributed by atoms with Crippen LogP contribution in [-0.4, -0.2) is 39.8 Å². The Morgan fingerprint density at radius 2 is 2.15 bits per heavy atom. The van der Waals surface area contributed by atoms with E-state index in [4.69, 9.17) is 21.1 Å². The fraction of sp³-hybridized carbons (Fsp3) is 0.615. The summed E-state index contributed by atoms with van der Waals surface area (Å²) in [5, 5.41) is 0. The van der Waals surface area contributed by atoms with Gasteiger partial charge < -0.3 is 14.0 Å². The van der Waals surface area contributed by atoms with E-state index in [0.29, 0.717) is 17.3 Å². The van der Waals surface area contributed by atoms with Crippen LogP contribution in [0.4, 0.5) is 0 Å². The summed E-state index contributed by atoms with van der Waals surface area (Å²) < 4.78 is 12.7. The lowest BCUT2D eigenvalue weighted by Crippen LogP contribution is -2.07. The highest BCUT2D eigenvalue weighted by Gasteiger charge is 2.15. The zero-order chi connectivity index (χ0) is 14.4. The van der Waals surface area contributed by atoms with Crippen molar-refractivity contribution in [3.05, 3.63) is 12.2 Å². The van der Waals surface area contributed by atoms with Gasteiger partial charge in [-0.3, -0.25) is 0 Å². The Morgan fingerprint density at radius 1 is 1.30 bits per heavy atom. The number of fused-ring (bicyclic) bond motifs is 1. The number of imidazole rings is 1. The molecular weight excluding hydrogens is 280 g/mol. The third-order valence-corrected chi connectivity index (χ3v) is 3.15. The molecule has 2 aromatic heterocycles. The maximum atomic E-state index is 5.96. The van der Waals surface area contributed by atoms with Gasteiger partial charge in [0.15, 0.2) is 11.2 Å². The van der Waals surface area contributed by atoms with Crippen LogP contribution in [-0.2, 0) is 17.2 Å². The van der Waals surface area contributed by atoms with Crippen LogP contribution in [0.25, 0.3) is 11.2 Å². The van der Waals surface area contributed by atoms with Crippen LogP contribution in [0.3, 0.4) is 0 Å². The molecule has 0 spiro atoms. The molecule has 0 amide bonds. The minimum Gasteiger partial charge on any atom is -0.479 e. The number of aryl methyl sites for hydroxylation is 1. The van der Waals surface area contributed by atoms with Crippen molar-refractivity contribution in [1.29, 1.82) is 0 Å². The van der Waals surface area contributed by atoms with Gasteiger partial charge in [0.05, 0.1) is 13.0 Å². The van der Waals surface area contributed by atoms with Gasteiger partial charge in [-0.05, 0) is 12.8 Å². The Kier molecular flexibility index (Phi) is 5.55. The topological polar surface area (TPSA) is 62.1 Å². The molecule has 0 aliphatic heterocycles. The number of hydrogen-bond acceptors (Lipinski definition) is 5. The summed E-state index contributed by atoms with van der Waals surface area (Å²) in [6.45, 7) is 4.38. The standard InChI is InChI=1S/C13H19ClN4O2/c1-3-6-20-7-4-5-18-10(8-14)17-11-12(18)15-9-16-13(11)19-2/h9H,3-8H2,1-2H3. The fourth-order valence-electron chi connectivity index (χ4n) is 2.02. The van der Waals surface area contributed by atoms with Gasteiger partial charge in [0.1, 0.15) is 12.2 Å². The van der Waals surface area contributed by atoms with E-state index >= 15 is 0 Å². The van der Waals surface area contributed by atoms with Crippen molar-refractivity contribution in [2.24, 2.45) is 0 Å². The van der Waals surface area contributed by atoms with Crippen LogP contribution in [0.5, 0.6) is 5.88 Å². The second-order valence-electron chi connectivity index (χ2n) is 4.33. The normalized spacial score (nSPS) is 11.2. The summed E-state index contributed by atoms with van der Waals surface area (Å²) in [4.78, 5) is 12.8. The van der Waals surface area contributed by atoms with Crippen molar-refractivity contribution >= 4 is 22.8 Å². The molecule has 7 heteroatoms. The quantitative estimate of drug-likeness (QED) is 0.553. The Labute approximate surface area is 123 Å². The molecular formula is C13H19ClN4O2. The molecule has 0 N–H and O–H groups in total. The third-order valence-electron chi connectivity index (χ3n) is 2.91. The first-order chi connectivity index (χ1) is 9.81. The first kappa shape index (κ1) is 15.0. The Morgan fingerprint density at radius 3 is 2.85 bits per heavy atom. The minimum absolute atomic E-state index is 0.329. The van der Waals surface area contributed by atoms with Gasteiger partial charge in [0, 0.05) is 19.8 Å². The van der Waals surface area contributed by atoms with Gasteiger partial charge in [-0.2, -0.15) is 4.98 Å². The molecule has 6 nitrogen and oxygen atoms in total. The lowest BCUT2D eigenvalue weighted by molar-refractivity contribution is 0.129. The molecule has 0 aromatic carbocycles. The smallest absolute Gasteiger partial charge is 0.245 e. The summed E-state index contributed by atoms with van der Waals surface area (Å²) in [7, 11) is 1.57. The highest BCUT2D eigenvalue weighted by molar-refractivity contribution is 6.16. The second kappa shape index (κ2) is 7.40. The molecule has 0 aliphatic carbocycles.